The lowest BCUT2D eigenvalue weighted by Gasteiger charge is -2.27. The molecule has 6 heteroatoms. The number of rotatable bonds is 4. The van der Waals surface area contributed by atoms with Gasteiger partial charge >= 0.3 is 0 Å². The molecule has 3 unspecified atom stereocenters. The molecule has 1 heterocycles. The Morgan fingerprint density at radius 2 is 2.30 bits per heavy atom. The number of aromatic nitrogens is 1. The minimum Gasteiger partial charge on any atom is -0.382 e. The minimum absolute atomic E-state index is 0.147. The molecular formula is C14H22N4OS. The Hall–Kier alpha value is -1.30. The van der Waals surface area contributed by atoms with Crippen LogP contribution in [-0.4, -0.2) is 30.9 Å². The van der Waals surface area contributed by atoms with E-state index in [4.69, 9.17) is 5.73 Å². The van der Waals surface area contributed by atoms with Crippen LogP contribution in [0.25, 0.3) is 0 Å². The van der Waals surface area contributed by atoms with E-state index in [2.05, 4.69) is 14.6 Å². The van der Waals surface area contributed by atoms with E-state index in [1.54, 1.807) is 7.05 Å². The van der Waals surface area contributed by atoms with Crippen LogP contribution in [0.15, 0.2) is 0 Å². The molecule has 20 heavy (non-hydrogen) atoms. The number of nitrogens with two attached hydrogens (primary N) is 1. The fourth-order valence-electron chi connectivity index (χ4n) is 3.93. The van der Waals surface area contributed by atoms with Crippen molar-refractivity contribution >= 4 is 28.3 Å². The molecule has 3 rings (SSSR count). The largest absolute Gasteiger partial charge is 0.382 e. The molecule has 2 saturated carbocycles. The van der Waals surface area contributed by atoms with Crippen molar-refractivity contribution in [3.8, 4) is 0 Å². The fourth-order valence-corrected chi connectivity index (χ4v) is 4.71. The van der Waals surface area contributed by atoms with Crippen molar-refractivity contribution in [3.05, 3.63) is 5.56 Å². The van der Waals surface area contributed by atoms with Crippen LogP contribution in [0.5, 0.6) is 0 Å². The summed E-state index contributed by atoms with van der Waals surface area (Å²) in [7, 11) is 3.67. The molecule has 2 fully saturated rings. The normalized spacial score (nSPS) is 27.8. The summed E-state index contributed by atoms with van der Waals surface area (Å²) in [6.07, 6.45) is 5.56. The Labute approximate surface area is 123 Å². The van der Waals surface area contributed by atoms with E-state index in [9.17, 15) is 4.79 Å². The molecule has 5 nitrogen and oxygen atoms in total. The maximum Gasteiger partial charge on any atom is 0.257 e. The van der Waals surface area contributed by atoms with Crippen molar-refractivity contribution in [1.82, 2.24) is 9.69 Å². The fraction of sp³-hybridized carbons (Fsp3) is 0.714. The number of carbonyl (C=O) groups is 1. The molecule has 1 aromatic heterocycles. The summed E-state index contributed by atoms with van der Waals surface area (Å²) < 4.78 is 4.15. The van der Waals surface area contributed by atoms with Crippen molar-refractivity contribution in [3.63, 3.8) is 0 Å². The van der Waals surface area contributed by atoms with E-state index in [0.29, 0.717) is 11.4 Å². The second-order valence-electron chi connectivity index (χ2n) is 6.14. The Kier molecular flexibility index (Phi) is 3.58. The molecular weight excluding hydrogens is 272 g/mol. The standard InChI is InChI=1S/C14H22N4OS/c1-16-13(19)11-12(15)17-20-14(11)18(2)7-10-6-8-3-4-9(10)5-8/h8-10H,3-7H2,1-2H3,(H2,15,17)(H,16,19). The molecule has 0 aliphatic heterocycles. The quantitative estimate of drug-likeness (QED) is 0.890. The van der Waals surface area contributed by atoms with E-state index < -0.39 is 0 Å². The predicted molar refractivity (Wildman–Crippen MR) is 82.1 cm³/mol. The van der Waals surface area contributed by atoms with E-state index in [-0.39, 0.29) is 5.91 Å². The smallest absolute Gasteiger partial charge is 0.257 e. The van der Waals surface area contributed by atoms with Crippen molar-refractivity contribution in [2.45, 2.75) is 25.7 Å². The van der Waals surface area contributed by atoms with Crippen LogP contribution in [0, 0.1) is 17.8 Å². The summed E-state index contributed by atoms with van der Waals surface area (Å²) >= 11 is 1.32. The van der Waals surface area contributed by atoms with Gasteiger partial charge in [-0.2, -0.15) is 4.37 Å². The van der Waals surface area contributed by atoms with Crippen LogP contribution >= 0.6 is 11.5 Å². The number of hydrogen-bond donors (Lipinski definition) is 2. The first kappa shape index (κ1) is 13.7. The van der Waals surface area contributed by atoms with Crippen LogP contribution in [0.2, 0.25) is 0 Å². The van der Waals surface area contributed by atoms with Gasteiger partial charge in [0.2, 0.25) is 0 Å². The van der Waals surface area contributed by atoms with E-state index >= 15 is 0 Å². The summed E-state index contributed by atoms with van der Waals surface area (Å²) in [5.74, 6) is 2.79. The number of fused-ring (bicyclic) bond motifs is 2. The molecule has 2 bridgehead atoms. The molecule has 1 aromatic rings. The predicted octanol–water partition coefficient (Wildman–Crippen LogP) is 1.96. The van der Waals surface area contributed by atoms with Gasteiger partial charge in [0.15, 0.2) is 5.82 Å². The first-order valence-corrected chi connectivity index (χ1v) is 8.05. The number of amides is 1. The highest BCUT2D eigenvalue weighted by Crippen LogP contribution is 2.48. The van der Waals surface area contributed by atoms with E-state index in [1.165, 1.54) is 37.2 Å². The van der Waals surface area contributed by atoms with Gasteiger partial charge in [-0.05, 0) is 48.5 Å². The maximum atomic E-state index is 11.9. The SMILES string of the molecule is CNC(=O)c1c(N)nsc1N(C)CC1CC2CCC1C2. The molecule has 2 aliphatic rings. The van der Waals surface area contributed by atoms with Crippen molar-refractivity contribution < 1.29 is 4.79 Å². The zero-order valence-electron chi connectivity index (χ0n) is 12.1. The summed E-state index contributed by atoms with van der Waals surface area (Å²) in [5, 5.41) is 3.54. The number of nitrogens with one attached hydrogen (secondary N) is 1. The van der Waals surface area contributed by atoms with E-state index in [0.717, 1.165) is 29.3 Å². The molecule has 3 atom stereocenters. The Balaban J connectivity index is 1.74. The molecule has 0 saturated heterocycles. The summed E-state index contributed by atoms with van der Waals surface area (Å²) in [6.45, 7) is 1.01. The monoisotopic (exact) mass is 294 g/mol. The van der Waals surface area contributed by atoms with Crippen molar-refractivity contribution in [2.24, 2.45) is 17.8 Å². The molecule has 0 spiro atoms. The zero-order chi connectivity index (χ0) is 14.3. The van der Waals surface area contributed by atoms with Crippen LogP contribution in [0.1, 0.15) is 36.0 Å². The van der Waals surface area contributed by atoms with Crippen LogP contribution in [0.4, 0.5) is 10.8 Å². The number of hydrogen-bond acceptors (Lipinski definition) is 5. The third kappa shape index (κ3) is 2.26. The van der Waals surface area contributed by atoms with Gasteiger partial charge in [-0.25, -0.2) is 0 Å². The molecule has 0 radical (unpaired) electrons. The summed E-state index contributed by atoms with van der Waals surface area (Å²) in [4.78, 5) is 14.1. The molecule has 0 aromatic carbocycles. The van der Waals surface area contributed by atoms with Gasteiger partial charge in [-0.1, -0.05) is 6.42 Å². The maximum absolute atomic E-state index is 11.9. The molecule has 3 N–H and O–H groups in total. The number of nitrogens with zero attached hydrogens (tertiary/aromatic N) is 2. The average Bonchev–Trinajstić information content (AvgIpc) is 3.12. The van der Waals surface area contributed by atoms with E-state index in [1.807, 2.05) is 7.05 Å². The third-order valence-corrected chi connectivity index (χ3v) is 5.87. The third-order valence-electron chi connectivity index (χ3n) is 4.89. The number of carbonyl (C=O) groups excluding carboxylic acids is 1. The number of nitrogen functional groups attached to an aromatic ring is 1. The van der Waals surface area contributed by atoms with Gasteiger partial charge in [-0.15, -0.1) is 0 Å². The average molecular weight is 294 g/mol. The van der Waals surface area contributed by atoms with Gasteiger partial charge in [-0.3, -0.25) is 4.79 Å². The van der Waals surface area contributed by atoms with Gasteiger partial charge in [0.25, 0.3) is 5.91 Å². The first-order chi connectivity index (χ1) is 9.60. The molecule has 110 valence electrons. The Morgan fingerprint density at radius 3 is 2.90 bits per heavy atom. The zero-order valence-corrected chi connectivity index (χ0v) is 12.9. The summed E-state index contributed by atoms with van der Waals surface area (Å²) in [6, 6.07) is 0. The molecule has 1 amide bonds. The Bertz CT molecular complexity index is 515. The van der Waals surface area contributed by atoms with Crippen molar-refractivity contribution in [1.29, 1.82) is 0 Å². The number of anilines is 2. The van der Waals surface area contributed by atoms with Gasteiger partial charge in [0.05, 0.1) is 0 Å². The second-order valence-corrected chi connectivity index (χ2v) is 6.89. The van der Waals surface area contributed by atoms with Gasteiger partial charge in [0, 0.05) is 20.6 Å². The van der Waals surface area contributed by atoms with Crippen LogP contribution in [-0.2, 0) is 0 Å². The van der Waals surface area contributed by atoms with Crippen molar-refractivity contribution in [2.75, 3.05) is 31.3 Å². The Morgan fingerprint density at radius 1 is 1.50 bits per heavy atom. The minimum atomic E-state index is -0.147. The van der Waals surface area contributed by atoms with Crippen LogP contribution < -0.4 is 16.0 Å². The topological polar surface area (TPSA) is 71.2 Å². The first-order valence-electron chi connectivity index (χ1n) is 7.28. The summed E-state index contributed by atoms with van der Waals surface area (Å²) in [5.41, 5.74) is 6.37. The van der Waals surface area contributed by atoms with Gasteiger partial charge in [0.1, 0.15) is 10.6 Å². The van der Waals surface area contributed by atoms with Crippen LogP contribution in [0.3, 0.4) is 0 Å². The highest BCUT2D eigenvalue weighted by Gasteiger charge is 2.40. The lowest BCUT2D eigenvalue weighted by molar-refractivity contribution is 0.0964. The highest BCUT2D eigenvalue weighted by molar-refractivity contribution is 7.11. The highest BCUT2D eigenvalue weighted by atomic mass is 32.1. The lowest BCUT2D eigenvalue weighted by Crippen LogP contribution is -2.30. The lowest BCUT2D eigenvalue weighted by atomic mass is 9.88. The molecule has 2 aliphatic carbocycles. The van der Waals surface area contributed by atoms with Gasteiger partial charge < -0.3 is 16.0 Å². The second kappa shape index (κ2) is 5.24.